The van der Waals surface area contributed by atoms with Gasteiger partial charge >= 0.3 is 6.09 Å². The number of amides is 1. The summed E-state index contributed by atoms with van der Waals surface area (Å²) in [6, 6.07) is 0.0174. The molecule has 4 aliphatic carbocycles. The highest BCUT2D eigenvalue weighted by atomic mass is 16.4. The molecule has 0 aromatic rings. The van der Waals surface area contributed by atoms with Gasteiger partial charge in [0.2, 0.25) is 0 Å². The lowest BCUT2D eigenvalue weighted by Crippen LogP contribution is -2.62. The highest BCUT2D eigenvalue weighted by Crippen LogP contribution is 2.67. The predicted molar refractivity (Wildman–Crippen MR) is 143 cm³/mol. The van der Waals surface area contributed by atoms with E-state index in [4.69, 9.17) is 0 Å². The molecule has 6 nitrogen and oxygen atoms in total. The Hall–Kier alpha value is -1.40. The number of carbonyl (C=O) groups is 2. The molecule has 0 radical (unpaired) electrons. The van der Waals surface area contributed by atoms with Crippen molar-refractivity contribution in [2.75, 3.05) is 13.2 Å². The first-order valence-electron chi connectivity index (χ1n) is 14.8. The summed E-state index contributed by atoms with van der Waals surface area (Å²) in [4.78, 5) is 26.3. The van der Waals surface area contributed by atoms with Crippen molar-refractivity contribution < 1.29 is 24.9 Å². The number of aliphatic hydroxyl groups is 2. The second-order valence-corrected chi connectivity index (χ2v) is 14.8. The number of ketones is 1. The first kappa shape index (κ1) is 27.2. The minimum atomic E-state index is -0.812. The van der Waals surface area contributed by atoms with Crippen molar-refractivity contribution in [2.45, 2.75) is 105 Å². The van der Waals surface area contributed by atoms with Gasteiger partial charge in [0.1, 0.15) is 5.78 Å². The van der Waals surface area contributed by atoms with Crippen LogP contribution >= 0.6 is 0 Å². The second kappa shape index (κ2) is 9.36. The van der Waals surface area contributed by atoms with Crippen molar-refractivity contribution in [3.8, 4) is 0 Å². The van der Waals surface area contributed by atoms with Gasteiger partial charge in [0, 0.05) is 36.9 Å². The number of carboxylic acid groups (broad SMARTS) is 1. The molecule has 6 unspecified atom stereocenters. The molecule has 1 saturated heterocycles. The van der Waals surface area contributed by atoms with Gasteiger partial charge in [-0.05, 0) is 91.8 Å². The van der Waals surface area contributed by atoms with Crippen LogP contribution in [0.25, 0.3) is 0 Å². The van der Waals surface area contributed by atoms with Gasteiger partial charge in [-0.3, -0.25) is 4.79 Å². The van der Waals surface area contributed by atoms with E-state index in [2.05, 4.69) is 40.7 Å². The summed E-state index contributed by atoms with van der Waals surface area (Å²) >= 11 is 0. The monoisotopic (exact) mass is 515 g/mol. The Labute approximate surface area is 222 Å². The quantitative estimate of drug-likeness (QED) is 0.430. The maximum atomic E-state index is 12.8. The maximum absolute atomic E-state index is 12.8. The summed E-state index contributed by atoms with van der Waals surface area (Å²) < 4.78 is 0. The Balaban J connectivity index is 1.36. The number of aliphatic hydroxyl groups excluding tert-OH is 2. The van der Waals surface area contributed by atoms with Gasteiger partial charge in [-0.15, -0.1) is 0 Å². The van der Waals surface area contributed by atoms with Crippen LogP contribution in [-0.4, -0.2) is 57.4 Å². The first-order chi connectivity index (χ1) is 17.3. The van der Waals surface area contributed by atoms with Crippen molar-refractivity contribution in [3.05, 3.63) is 11.6 Å². The fraction of sp³-hybridized carbons (Fsp3) is 0.871. The molecule has 10 atom stereocenters. The molecule has 5 rings (SSSR count). The van der Waals surface area contributed by atoms with E-state index in [0.29, 0.717) is 30.6 Å². The van der Waals surface area contributed by atoms with E-state index in [1.54, 1.807) is 4.90 Å². The summed E-state index contributed by atoms with van der Waals surface area (Å²) in [5.41, 5.74) is 1.10. The molecule has 1 heterocycles. The largest absolute Gasteiger partial charge is 0.465 e. The van der Waals surface area contributed by atoms with E-state index in [0.717, 1.165) is 51.4 Å². The number of hydrogen-bond acceptors (Lipinski definition) is 4. The standard InChI is InChI=1S/C31H49NO5/c1-29(2,3)27-19(12-15-32(27)28(36)37)7-6-18-10-13-30(4)22-11-14-31(5)21(8-9-24(31)34)25(22)26(35)20(17-33)23(30)16-18/h6,19-23,25-27,33,35H,7-17H2,1-5H3,(H,36,37)/b18-6+/t19?,20-,21?,22?,23?,25?,26-,27?,30-,31+/m1/s1. The average molecular weight is 516 g/mol. The highest BCUT2D eigenvalue weighted by Gasteiger charge is 2.64. The van der Waals surface area contributed by atoms with Crippen molar-refractivity contribution in [1.82, 2.24) is 4.90 Å². The lowest BCUT2D eigenvalue weighted by molar-refractivity contribution is -0.191. The van der Waals surface area contributed by atoms with Gasteiger partial charge in [-0.1, -0.05) is 46.3 Å². The van der Waals surface area contributed by atoms with Crippen LogP contribution in [0, 0.1) is 51.8 Å². The van der Waals surface area contributed by atoms with Crippen LogP contribution < -0.4 is 0 Å². The van der Waals surface area contributed by atoms with Gasteiger partial charge < -0.3 is 20.2 Å². The molecule has 0 spiro atoms. The molecule has 208 valence electrons. The van der Waals surface area contributed by atoms with Crippen molar-refractivity contribution in [1.29, 1.82) is 0 Å². The van der Waals surface area contributed by atoms with Gasteiger partial charge in [0.25, 0.3) is 0 Å². The predicted octanol–water partition coefficient (Wildman–Crippen LogP) is 5.52. The zero-order valence-electron chi connectivity index (χ0n) is 23.6. The zero-order chi connectivity index (χ0) is 26.9. The number of allylic oxidation sites excluding steroid dienone is 2. The van der Waals surface area contributed by atoms with E-state index in [1.165, 1.54) is 5.57 Å². The Kier molecular flexibility index (Phi) is 6.88. The third-order valence-corrected chi connectivity index (χ3v) is 12.1. The SMILES string of the molecule is CC(C)(C)C1C(C/C=C2\CC[C@]3(C)C4CC[C@]5(C)C(=O)CCC5C4[C@H](O)[C@H](CO)C3C2)CCN1C(=O)O. The fourth-order valence-corrected chi connectivity index (χ4v) is 10.3. The molecule has 5 fully saturated rings. The van der Waals surface area contributed by atoms with E-state index >= 15 is 0 Å². The Morgan fingerprint density at radius 3 is 2.46 bits per heavy atom. The molecule has 1 aliphatic heterocycles. The van der Waals surface area contributed by atoms with Crippen LogP contribution in [0.2, 0.25) is 0 Å². The van der Waals surface area contributed by atoms with Crippen molar-refractivity contribution in [2.24, 2.45) is 51.8 Å². The summed E-state index contributed by atoms with van der Waals surface area (Å²) in [6.07, 6.45) is 9.32. The summed E-state index contributed by atoms with van der Waals surface area (Å²) in [5, 5.41) is 32.0. The average Bonchev–Trinajstić information content (AvgIpc) is 3.40. The fourth-order valence-electron chi connectivity index (χ4n) is 10.3. The molecular weight excluding hydrogens is 466 g/mol. The van der Waals surface area contributed by atoms with E-state index < -0.39 is 12.2 Å². The Morgan fingerprint density at radius 1 is 1.08 bits per heavy atom. The number of likely N-dealkylation sites (tertiary alicyclic amines) is 1. The lowest BCUT2D eigenvalue weighted by Gasteiger charge is -2.63. The van der Waals surface area contributed by atoms with Crippen molar-refractivity contribution in [3.63, 3.8) is 0 Å². The normalized spacial score (nSPS) is 47.1. The minimum Gasteiger partial charge on any atom is -0.465 e. The van der Waals surface area contributed by atoms with Crippen molar-refractivity contribution >= 4 is 11.9 Å². The van der Waals surface area contributed by atoms with Crippen LogP contribution in [0.5, 0.6) is 0 Å². The molecule has 5 aliphatic rings. The molecule has 1 amide bonds. The Morgan fingerprint density at radius 2 is 1.81 bits per heavy atom. The second-order valence-electron chi connectivity index (χ2n) is 14.8. The maximum Gasteiger partial charge on any atom is 0.407 e. The highest BCUT2D eigenvalue weighted by molar-refractivity contribution is 5.87. The van der Waals surface area contributed by atoms with Gasteiger partial charge in [0.15, 0.2) is 0 Å². The zero-order valence-corrected chi connectivity index (χ0v) is 23.6. The molecule has 4 saturated carbocycles. The third kappa shape index (κ3) is 4.20. The summed E-state index contributed by atoms with van der Waals surface area (Å²) in [5.74, 6) is 1.56. The Bertz CT molecular complexity index is 954. The smallest absolute Gasteiger partial charge is 0.407 e. The number of rotatable bonds is 3. The van der Waals surface area contributed by atoms with E-state index in [1.807, 2.05) is 0 Å². The number of fused-ring (bicyclic) bond motifs is 5. The molecule has 0 bridgehead atoms. The molecule has 37 heavy (non-hydrogen) atoms. The first-order valence-corrected chi connectivity index (χ1v) is 14.8. The molecular formula is C31H49NO5. The lowest BCUT2D eigenvalue weighted by atomic mass is 9.42. The molecule has 0 aromatic carbocycles. The third-order valence-electron chi connectivity index (χ3n) is 12.1. The van der Waals surface area contributed by atoms with Gasteiger partial charge in [0.05, 0.1) is 6.10 Å². The molecule has 6 heteroatoms. The van der Waals surface area contributed by atoms with Crippen LogP contribution in [0.1, 0.15) is 92.4 Å². The van der Waals surface area contributed by atoms with Crippen LogP contribution in [-0.2, 0) is 4.79 Å². The minimum absolute atomic E-state index is 0.00238. The number of hydrogen-bond donors (Lipinski definition) is 3. The van der Waals surface area contributed by atoms with Crippen LogP contribution in [0.4, 0.5) is 4.79 Å². The topological polar surface area (TPSA) is 98.1 Å². The molecule has 3 N–H and O–H groups in total. The van der Waals surface area contributed by atoms with E-state index in [-0.39, 0.29) is 52.6 Å². The number of carbonyl (C=O) groups excluding carboxylic acids is 1. The summed E-state index contributed by atoms with van der Waals surface area (Å²) in [6.45, 7) is 11.6. The number of Topliss-reactive ketones (excluding diaryl/α,β-unsaturated/α-hetero) is 1. The van der Waals surface area contributed by atoms with Crippen LogP contribution in [0.3, 0.4) is 0 Å². The molecule has 0 aromatic heterocycles. The van der Waals surface area contributed by atoms with Gasteiger partial charge in [-0.2, -0.15) is 0 Å². The summed E-state index contributed by atoms with van der Waals surface area (Å²) in [7, 11) is 0. The van der Waals surface area contributed by atoms with Crippen LogP contribution in [0.15, 0.2) is 11.6 Å². The van der Waals surface area contributed by atoms with Gasteiger partial charge in [-0.25, -0.2) is 4.79 Å². The number of nitrogens with zero attached hydrogens (tertiary/aromatic N) is 1. The van der Waals surface area contributed by atoms with E-state index in [9.17, 15) is 24.9 Å².